The van der Waals surface area contributed by atoms with E-state index in [0.717, 1.165) is 16.7 Å². The van der Waals surface area contributed by atoms with E-state index in [-0.39, 0.29) is 18.6 Å². The number of carbonyl (C=O) groups is 1. The molecule has 41 heavy (non-hydrogen) atoms. The molecule has 1 N–H and O–H groups in total. The van der Waals surface area contributed by atoms with Crippen molar-refractivity contribution < 1.29 is 14.3 Å². The molecule has 4 heteroatoms. The van der Waals surface area contributed by atoms with Crippen molar-refractivity contribution in [2.75, 3.05) is 13.2 Å². The topological polar surface area (TPSA) is 47.6 Å². The molecule has 1 unspecified atom stereocenters. The summed E-state index contributed by atoms with van der Waals surface area (Å²) in [7, 11) is 0. The minimum absolute atomic E-state index is 0.0173. The third-order valence-electron chi connectivity index (χ3n) is 7.80. The van der Waals surface area contributed by atoms with Crippen LogP contribution in [-0.4, -0.2) is 25.3 Å². The zero-order valence-electron chi connectivity index (χ0n) is 23.1. The monoisotopic (exact) mass is 539 g/mol. The molecule has 1 aliphatic rings. The summed E-state index contributed by atoms with van der Waals surface area (Å²) in [4.78, 5) is 12.9. The number of amides is 1. The van der Waals surface area contributed by atoms with Gasteiger partial charge in [-0.25, -0.2) is 4.79 Å². The Hall–Kier alpha value is -4.67. The first-order valence-electron chi connectivity index (χ1n) is 14.1. The molecular weight excluding hydrogens is 506 g/mol. The number of alkyl carbamates (subject to hydrolysis) is 1. The molecule has 0 bridgehead atoms. The summed E-state index contributed by atoms with van der Waals surface area (Å²) in [5.74, 6) is 0.0173. The fourth-order valence-electron chi connectivity index (χ4n) is 5.94. The summed E-state index contributed by atoms with van der Waals surface area (Å²) in [5.41, 5.74) is 7.00. The highest BCUT2D eigenvalue weighted by molar-refractivity contribution is 5.79. The highest BCUT2D eigenvalue weighted by Gasteiger charge is 2.39. The average Bonchev–Trinajstić information content (AvgIpc) is 3.36. The smallest absolute Gasteiger partial charge is 0.407 e. The number of carbonyl (C=O) groups excluding carboxylic acids is 1. The lowest BCUT2D eigenvalue weighted by atomic mass is 9.80. The second-order valence-corrected chi connectivity index (χ2v) is 10.4. The Bertz CT molecular complexity index is 1460. The lowest BCUT2D eigenvalue weighted by Crippen LogP contribution is -2.41. The van der Waals surface area contributed by atoms with Crippen molar-refractivity contribution in [3.8, 4) is 11.1 Å². The number of nitrogens with one attached hydrogen (secondary N) is 1. The van der Waals surface area contributed by atoms with Crippen molar-refractivity contribution in [1.82, 2.24) is 5.32 Å². The van der Waals surface area contributed by atoms with E-state index < -0.39 is 11.7 Å². The van der Waals surface area contributed by atoms with Gasteiger partial charge in [-0.15, -0.1) is 0 Å². The Kier molecular flexibility index (Phi) is 7.66. The fraction of sp³-hybridized carbons (Fsp3) is 0.162. The summed E-state index contributed by atoms with van der Waals surface area (Å²) < 4.78 is 12.7. The molecule has 0 spiro atoms. The minimum Gasteiger partial charge on any atom is -0.449 e. The summed E-state index contributed by atoms with van der Waals surface area (Å²) in [6.07, 6.45) is -0.775. The van der Waals surface area contributed by atoms with E-state index in [1.54, 1.807) is 0 Å². The van der Waals surface area contributed by atoms with Gasteiger partial charge in [0.1, 0.15) is 12.2 Å². The van der Waals surface area contributed by atoms with Crippen LogP contribution in [0.25, 0.3) is 11.1 Å². The molecule has 1 amide bonds. The summed E-state index contributed by atoms with van der Waals surface area (Å²) >= 11 is 0. The van der Waals surface area contributed by atoms with Gasteiger partial charge in [0.15, 0.2) is 0 Å². The highest BCUT2D eigenvalue weighted by Crippen LogP contribution is 2.44. The maximum atomic E-state index is 12.9. The molecule has 4 nitrogen and oxygen atoms in total. The van der Waals surface area contributed by atoms with Crippen LogP contribution in [0.3, 0.4) is 0 Å². The molecule has 0 radical (unpaired) electrons. The van der Waals surface area contributed by atoms with Crippen LogP contribution in [0.2, 0.25) is 0 Å². The molecule has 6 rings (SSSR count). The molecule has 0 heterocycles. The van der Waals surface area contributed by atoms with E-state index in [2.05, 4.69) is 66.0 Å². The first kappa shape index (κ1) is 26.5. The molecule has 5 aromatic rings. The largest absolute Gasteiger partial charge is 0.449 e. The number of benzene rings is 5. The Morgan fingerprint density at radius 3 is 1.54 bits per heavy atom. The van der Waals surface area contributed by atoms with Gasteiger partial charge in [0.05, 0.1) is 6.10 Å². The lowest BCUT2D eigenvalue weighted by molar-refractivity contribution is -0.0371. The van der Waals surface area contributed by atoms with Crippen LogP contribution >= 0.6 is 0 Å². The molecule has 5 aromatic carbocycles. The number of ether oxygens (including phenoxy) is 2. The number of hydrogen-bond donors (Lipinski definition) is 1. The average molecular weight is 540 g/mol. The first-order valence-corrected chi connectivity index (χ1v) is 14.1. The van der Waals surface area contributed by atoms with Gasteiger partial charge in [0.2, 0.25) is 0 Å². The van der Waals surface area contributed by atoms with Crippen molar-refractivity contribution in [2.45, 2.75) is 24.5 Å². The quantitative estimate of drug-likeness (QED) is 0.194. The van der Waals surface area contributed by atoms with Gasteiger partial charge < -0.3 is 14.8 Å². The summed E-state index contributed by atoms with van der Waals surface area (Å²) in [6, 6.07) is 47.4. The lowest BCUT2D eigenvalue weighted by Gasteiger charge is -2.38. The van der Waals surface area contributed by atoms with Gasteiger partial charge in [-0.05, 0) is 45.9 Å². The number of rotatable bonds is 9. The molecule has 0 saturated heterocycles. The SMILES string of the molecule is CC(CNC(=O)OCC1c2ccccc2-c2ccccc21)OC(c1ccccc1)(c1ccccc1)c1ccccc1. The van der Waals surface area contributed by atoms with Gasteiger partial charge in [0, 0.05) is 12.5 Å². The minimum atomic E-state index is -0.855. The predicted octanol–water partition coefficient (Wildman–Crippen LogP) is 7.92. The van der Waals surface area contributed by atoms with Gasteiger partial charge >= 0.3 is 6.09 Å². The fourth-order valence-corrected chi connectivity index (χ4v) is 5.94. The second kappa shape index (κ2) is 11.8. The van der Waals surface area contributed by atoms with E-state index in [1.807, 2.05) is 85.8 Å². The normalized spacial score (nSPS) is 13.2. The van der Waals surface area contributed by atoms with Gasteiger partial charge in [-0.2, -0.15) is 0 Å². The van der Waals surface area contributed by atoms with E-state index in [0.29, 0.717) is 6.54 Å². The number of fused-ring (bicyclic) bond motifs is 3. The standard InChI is InChI=1S/C37H33NO3/c1-27(25-38-36(39)40-26-35-33-23-13-11-21-31(33)32-22-12-14-24-34(32)35)41-37(28-15-5-2-6-16-28,29-17-7-3-8-18-29)30-19-9-4-10-20-30/h2-24,27,35H,25-26H2,1H3,(H,38,39). The molecule has 1 atom stereocenters. The van der Waals surface area contributed by atoms with Crippen LogP contribution in [-0.2, 0) is 15.1 Å². The van der Waals surface area contributed by atoms with Crippen LogP contribution in [0.15, 0.2) is 140 Å². The molecular formula is C37H33NO3. The maximum absolute atomic E-state index is 12.9. The van der Waals surface area contributed by atoms with Crippen molar-refractivity contribution in [3.63, 3.8) is 0 Å². The van der Waals surface area contributed by atoms with Crippen LogP contribution in [0.5, 0.6) is 0 Å². The third-order valence-corrected chi connectivity index (χ3v) is 7.80. The molecule has 0 saturated carbocycles. The van der Waals surface area contributed by atoms with Gasteiger partial charge in [0.25, 0.3) is 0 Å². The van der Waals surface area contributed by atoms with Crippen LogP contribution in [0, 0.1) is 0 Å². The Morgan fingerprint density at radius 1 is 0.659 bits per heavy atom. The second-order valence-electron chi connectivity index (χ2n) is 10.4. The highest BCUT2D eigenvalue weighted by atomic mass is 16.5. The van der Waals surface area contributed by atoms with Crippen molar-refractivity contribution in [1.29, 1.82) is 0 Å². The molecule has 1 aliphatic carbocycles. The van der Waals surface area contributed by atoms with E-state index in [4.69, 9.17) is 9.47 Å². The van der Waals surface area contributed by atoms with E-state index >= 15 is 0 Å². The molecule has 0 aliphatic heterocycles. The Morgan fingerprint density at radius 2 is 1.07 bits per heavy atom. The van der Waals surface area contributed by atoms with E-state index in [1.165, 1.54) is 22.3 Å². The van der Waals surface area contributed by atoms with Crippen LogP contribution in [0.1, 0.15) is 40.7 Å². The van der Waals surface area contributed by atoms with Crippen LogP contribution < -0.4 is 5.32 Å². The first-order chi connectivity index (χ1) is 20.2. The Labute approximate surface area is 241 Å². The van der Waals surface area contributed by atoms with Crippen molar-refractivity contribution in [2.24, 2.45) is 0 Å². The molecule has 0 fully saturated rings. The summed E-state index contributed by atoms with van der Waals surface area (Å²) in [6.45, 7) is 2.55. The van der Waals surface area contributed by atoms with Crippen molar-refractivity contribution >= 4 is 6.09 Å². The van der Waals surface area contributed by atoms with E-state index in [9.17, 15) is 4.79 Å². The number of hydrogen-bond acceptors (Lipinski definition) is 3. The third kappa shape index (κ3) is 5.27. The summed E-state index contributed by atoms with van der Waals surface area (Å²) in [5, 5.41) is 2.95. The zero-order valence-corrected chi connectivity index (χ0v) is 23.1. The molecule has 204 valence electrons. The predicted molar refractivity (Wildman–Crippen MR) is 163 cm³/mol. The Balaban J connectivity index is 1.18. The maximum Gasteiger partial charge on any atom is 0.407 e. The van der Waals surface area contributed by atoms with Gasteiger partial charge in [-0.1, -0.05) is 140 Å². The zero-order chi connectivity index (χ0) is 28.1. The molecule has 0 aromatic heterocycles. The van der Waals surface area contributed by atoms with Gasteiger partial charge in [-0.3, -0.25) is 0 Å². The van der Waals surface area contributed by atoms with Crippen molar-refractivity contribution in [3.05, 3.63) is 167 Å². The van der Waals surface area contributed by atoms with Crippen LogP contribution in [0.4, 0.5) is 4.79 Å².